The van der Waals surface area contributed by atoms with E-state index in [4.69, 9.17) is 0 Å². The molecule has 156 valence electrons. The van der Waals surface area contributed by atoms with Crippen LogP contribution in [0.4, 0.5) is 18.9 Å². The van der Waals surface area contributed by atoms with E-state index in [0.29, 0.717) is 4.52 Å². The van der Waals surface area contributed by atoms with Crippen molar-refractivity contribution in [2.45, 2.75) is 37.9 Å². The van der Waals surface area contributed by atoms with Crippen molar-refractivity contribution in [1.82, 2.24) is 19.9 Å². The quantitative estimate of drug-likeness (QED) is 0.509. The van der Waals surface area contributed by atoms with Gasteiger partial charge in [-0.05, 0) is 31.0 Å². The van der Waals surface area contributed by atoms with Crippen molar-refractivity contribution in [3.8, 4) is 11.3 Å². The number of halogens is 3. The predicted molar refractivity (Wildman–Crippen MR) is 99.8 cm³/mol. The molecule has 4 rings (SSSR count). The Morgan fingerprint density at radius 3 is 2.43 bits per heavy atom. The second-order valence-electron chi connectivity index (χ2n) is 7.08. The fourth-order valence-corrected chi connectivity index (χ4v) is 3.52. The van der Waals surface area contributed by atoms with Crippen molar-refractivity contribution in [3.63, 3.8) is 0 Å². The molecule has 0 unspecified atom stereocenters. The molecule has 3 aromatic rings. The number of benzene rings is 1. The van der Waals surface area contributed by atoms with E-state index in [-0.39, 0.29) is 34.3 Å². The molecule has 0 aliphatic heterocycles. The standard InChI is InChI=1S/C19H16F3N5O3/c20-19(21,22)16-9-14(11-5-7-13(8-6-11)27(29)30)24-17-10-15(25-26(16)17)18(28)23-12-3-1-2-4-12/h5-10,12H,1-4H2,(H,23,28). The van der Waals surface area contributed by atoms with E-state index >= 15 is 0 Å². The Morgan fingerprint density at radius 2 is 1.83 bits per heavy atom. The molecule has 1 aromatic carbocycles. The maximum absolute atomic E-state index is 13.6. The summed E-state index contributed by atoms with van der Waals surface area (Å²) < 4.78 is 41.5. The summed E-state index contributed by atoms with van der Waals surface area (Å²) in [5, 5.41) is 17.4. The van der Waals surface area contributed by atoms with Gasteiger partial charge >= 0.3 is 6.18 Å². The fraction of sp³-hybridized carbons (Fsp3) is 0.316. The Balaban J connectivity index is 1.75. The van der Waals surface area contributed by atoms with E-state index in [2.05, 4.69) is 15.4 Å². The van der Waals surface area contributed by atoms with Crippen LogP contribution in [0.1, 0.15) is 41.9 Å². The zero-order chi connectivity index (χ0) is 21.5. The predicted octanol–water partition coefficient (Wildman–Crippen LogP) is 4.00. The van der Waals surface area contributed by atoms with Gasteiger partial charge in [-0.15, -0.1) is 0 Å². The summed E-state index contributed by atoms with van der Waals surface area (Å²) in [7, 11) is 0. The van der Waals surface area contributed by atoms with Gasteiger partial charge in [-0.2, -0.15) is 18.3 Å². The number of nitrogens with one attached hydrogen (secondary N) is 1. The molecular formula is C19H16F3N5O3. The molecule has 1 N–H and O–H groups in total. The van der Waals surface area contributed by atoms with Crippen LogP contribution in [0.3, 0.4) is 0 Å². The molecule has 11 heteroatoms. The van der Waals surface area contributed by atoms with E-state index in [0.717, 1.165) is 31.7 Å². The third-order valence-electron chi connectivity index (χ3n) is 5.01. The van der Waals surface area contributed by atoms with E-state index in [9.17, 15) is 28.1 Å². The lowest BCUT2D eigenvalue weighted by Crippen LogP contribution is -2.32. The van der Waals surface area contributed by atoms with Crippen LogP contribution in [0.2, 0.25) is 0 Å². The van der Waals surface area contributed by atoms with E-state index in [1.165, 1.54) is 30.3 Å². The van der Waals surface area contributed by atoms with Gasteiger partial charge in [0.1, 0.15) is 0 Å². The lowest BCUT2D eigenvalue weighted by Gasteiger charge is -2.11. The molecule has 1 fully saturated rings. The molecule has 1 aliphatic rings. The summed E-state index contributed by atoms with van der Waals surface area (Å²) in [6.45, 7) is 0. The van der Waals surface area contributed by atoms with Crippen LogP contribution in [-0.4, -0.2) is 31.5 Å². The number of non-ortho nitro benzene ring substituents is 1. The number of amides is 1. The first kappa shape index (κ1) is 19.8. The summed E-state index contributed by atoms with van der Waals surface area (Å²) >= 11 is 0. The minimum Gasteiger partial charge on any atom is -0.348 e. The molecule has 2 heterocycles. The number of hydrogen-bond acceptors (Lipinski definition) is 5. The number of rotatable bonds is 4. The Morgan fingerprint density at radius 1 is 1.17 bits per heavy atom. The molecule has 30 heavy (non-hydrogen) atoms. The monoisotopic (exact) mass is 419 g/mol. The van der Waals surface area contributed by atoms with Gasteiger partial charge in [-0.25, -0.2) is 9.50 Å². The summed E-state index contributed by atoms with van der Waals surface area (Å²) in [5.41, 5.74) is -1.35. The Kier molecular flexibility index (Phi) is 4.88. The smallest absolute Gasteiger partial charge is 0.348 e. The normalized spacial score (nSPS) is 14.9. The number of carbonyl (C=O) groups is 1. The summed E-state index contributed by atoms with van der Waals surface area (Å²) in [6, 6.07) is 7.01. The number of alkyl halides is 3. The number of carbonyl (C=O) groups excluding carboxylic acids is 1. The summed E-state index contributed by atoms with van der Waals surface area (Å²) in [5.74, 6) is -0.544. The lowest BCUT2D eigenvalue weighted by atomic mass is 10.1. The number of hydrogen-bond donors (Lipinski definition) is 1. The van der Waals surface area contributed by atoms with E-state index < -0.39 is 22.7 Å². The first-order chi connectivity index (χ1) is 14.2. The Labute approximate surface area is 167 Å². The molecular weight excluding hydrogens is 403 g/mol. The molecule has 8 nitrogen and oxygen atoms in total. The number of aromatic nitrogens is 3. The van der Waals surface area contributed by atoms with Gasteiger partial charge in [0.15, 0.2) is 17.0 Å². The fourth-order valence-electron chi connectivity index (χ4n) is 3.52. The van der Waals surface area contributed by atoms with Crippen molar-refractivity contribution in [1.29, 1.82) is 0 Å². The van der Waals surface area contributed by atoms with Crippen molar-refractivity contribution in [3.05, 3.63) is 57.9 Å². The molecule has 0 bridgehead atoms. The van der Waals surface area contributed by atoms with Crippen molar-refractivity contribution in [2.75, 3.05) is 0 Å². The van der Waals surface area contributed by atoms with Crippen LogP contribution in [0.15, 0.2) is 36.4 Å². The maximum atomic E-state index is 13.6. The van der Waals surface area contributed by atoms with Crippen LogP contribution < -0.4 is 5.32 Å². The Hall–Kier alpha value is -3.50. The topological polar surface area (TPSA) is 102 Å². The second-order valence-corrected chi connectivity index (χ2v) is 7.08. The third kappa shape index (κ3) is 3.82. The van der Waals surface area contributed by atoms with E-state index in [1.807, 2.05) is 0 Å². The van der Waals surface area contributed by atoms with Crippen LogP contribution in [0, 0.1) is 10.1 Å². The molecule has 1 amide bonds. The minimum atomic E-state index is -4.75. The lowest BCUT2D eigenvalue weighted by molar-refractivity contribution is -0.384. The minimum absolute atomic E-state index is 0.00646. The number of nitrogens with zero attached hydrogens (tertiary/aromatic N) is 4. The van der Waals surface area contributed by atoms with Crippen molar-refractivity contribution < 1.29 is 22.9 Å². The third-order valence-corrected chi connectivity index (χ3v) is 5.01. The first-order valence-corrected chi connectivity index (χ1v) is 9.26. The number of nitro groups is 1. The average Bonchev–Trinajstić information content (AvgIpc) is 3.35. The average molecular weight is 419 g/mol. The van der Waals surface area contributed by atoms with E-state index in [1.54, 1.807) is 0 Å². The van der Waals surface area contributed by atoms with Gasteiger partial charge in [-0.1, -0.05) is 12.8 Å². The van der Waals surface area contributed by atoms with Crippen LogP contribution in [0.5, 0.6) is 0 Å². The van der Waals surface area contributed by atoms with Gasteiger partial charge in [0.2, 0.25) is 0 Å². The van der Waals surface area contributed by atoms with Crippen LogP contribution in [0.25, 0.3) is 16.9 Å². The van der Waals surface area contributed by atoms with Gasteiger partial charge in [0.25, 0.3) is 11.6 Å². The highest BCUT2D eigenvalue weighted by Gasteiger charge is 2.36. The van der Waals surface area contributed by atoms with Gasteiger partial charge in [0, 0.05) is 29.8 Å². The highest BCUT2D eigenvalue weighted by molar-refractivity contribution is 5.93. The van der Waals surface area contributed by atoms with Crippen molar-refractivity contribution in [2.24, 2.45) is 0 Å². The summed E-state index contributed by atoms with van der Waals surface area (Å²) in [6.07, 6.45) is -1.10. The molecule has 1 aliphatic carbocycles. The molecule has 0 spiro atoms. The number of fused-ring (bicyclic) bond motifs is 1. The first-order valence-electron chi connectivity index (χ1n) is 9.26. The maximum Gasteiger partial charge on any atom is 0.433 e. The highest BCUT2D eigenvalue weighted by Crippen LogP contribution is 2.32. The highest BCUT2D eigenvalue weighted by atomic mass is 19.4. The molecule has 2 aromatic heterocycles. The zero-order valence-electron chi connectivity index (χ0n) is 15.5. The van der Waals surface area contributed by atoms with Crippen LogP contribution in [-0.2, 0) is 6.18 Å². The molecule has 0 radical (unpaired) electrons. The zero-order valence-corrected chi connectivity index (χ0v) is 15.5. The van der Waals surface area contributed by atoms with Gasteiger partial charge < -0.3 is 5.32 Å². The molecule has 0 atom stereocenters. The van der Waals surface area contributed by atoms with Crippen LogP contribution >= 0.6 is 0 Å². The largest absolute Gasteiger partial charge is 0.433 e. The van der Waals surface area contributed by atoms with Gasteiger partial charge in [0.05, 0.1) is 10.6 Å². The van der Waals surface area contributed by atoms with Crippen molar-refractivity contribution >= 4 is 17.2 Å². The molecule has 1 saturated carbocycles. The second kappa shape index (κ2) is 7.39. The number of nitro benzene ring substituents is 1. The van der Waals surface area contributed by atoms with Gasteiger partial charge in [-0.3, -0.25) is 14.9 Å². The Bertz CT molecular complexity index is 1120. The summed E-state index contributed by atoms with van der Waals surface area (Å²) in [4.78, 5) is 26.8. The SMILES string of the molecule is O=C(NC1CCCC1)c1cc2nc(-c3ccc([N+](=O)[O-])cc3)cc(C(F)(F)F)n2n1. The molecule has 0 saturated heterocycles.